The lowest BCUT2D eigenvalue weighted by Crippen LogP contribution is -2.34. The van der Waals surface area contributed by atoms with Gasteiger partial charge in [0.25, 0.3) is 5.91 Å². The highest BCUT2D eigenvalue weighted by atomic mass is 79.9. The number of hydrogen-bond donors (Lipinski definition) is 2. The predicted octanol–water partition coefficient (Wildman–Crippen LogP) is 7.97. The Labute approximate surface area is 264 Å². The van der Waals surface area contributed by atoms with Gasteiger partial charge in [0.1, 0.15) is 6.26 Å². The molecule has 0 aliphatic heterocycles. The molecule has 41 heavy (non-hydrogen) atoms. The monoisotopic (exact) mass is 752 g/mol. The van der Waals surface area contributed by atoms with Gasteiger partial charge in [0.15, 0.2) is 6.29 Å². The molecule has 4 aromatic rings. The summed E-state index contributed by atoms with van der Waals surface area (Å²) in [5.41, 5.74) is 5.23. The second-order valence-corrected chi connectivity index (χ2v) is 11.2. The number of rotatable bonds is 7. The number of aromatic nitrogens is 1. The number of amides is 1. The van der Waals surface area contributed by atoms with Gasteiger partial charge in [-0.25, -0.2) is 9.78 Å². The fourth-order valence-electron chi connectivity index (χ4n) is 3.09. The number of nitrogens with zero attached hydrogens (tertiary/aromatic N) is 1. The molecular formula is C30H31Br3N2O6. The van der Waals surface area contributed by atoms with Crippen molar-refractivity contribution in [1.29, 1.82) is 0 Å². The van der Waals surface area contributed by atoms with Gasteiger partial charge >= 0.3 is 5.97 Å². The van der Waals surface area contributed by atoms with E-state index in [9.17, 15) is 9.59 Å². The fourth-order valence-corrected chi connectivity index (χ4v) is 4.23. The van der Waals surface area contributed by atoms with E-state index in [1.165, 1.54) is 19.8 Å². The number of benzene rings is 3. The Bertz CT molecular complexity index is 1440. The van der Waals surface area contributed by atoms with Gasteiger partial charge in [0.05, 0.1) is 18.3 Å². The van der Waals surface area contributed by atoms with Gasteiger partial charge in [0, 0.05) is 38.8 Å². The van der Waals surface area contributed by atoms with Gasteiger partial charge in [-0.3, -0.25) is 4.79 Å². The van der Waals surface area contributed by atoms with Gasteiger partial charge in [-0.05, 0) is 73.9 Å². The number of carboxylic acid groups (broad SMARTS) is 1. The maximum absolute atomic E-state index is 11.8. The van der Waals surface area contributed by atoms with Crippen molar-refractivity contribution < 1.29 is 28.6 Å². The van der Waals surface area contributed by atoms with Crippen LogP contribution in [0.15, 0.2) is 84.9 Å². The first-order valence-corrected chi connectivity index (χ1v) is 14.6. The number of ether oxygens (including phenoxy) is 2. The highest BCUT2D eigenvalue weighted by molar-refractivity contribution is 9.11. The number of aryl methyl sites for hydroxylation is 3. The first kappa shape index (κ1) is 34.4. The largest absolute Gasteiger partial charge is 0.478 e. The normalized spacial score (nSPS) is 10.3. The summed E-state index contributed by atoms with van der Waals surface area (Å²) in [5.74, 6) is -0.392. The Morgan fingerprint density at radius 2 is 1.37 bits per heavy atom. The van der Waals surface area contributed by atoms with Crippen LogP contribution < -0.4 is 5.32 Å². The van der Waals surface area contributed by atoms with Gasteiger partial charge in [-0.2, -0.15) is 0 Å². The Hall–Kier alpha value is -2.83. The lowest BCUT2D eigenvalue weighted by Gasteiger charge is -2.14. The van der Waals surface area contributed by atoms with E-state index in [1.807, 2.05) is 45.0 Å². The highest BCUT2D eigenvalue weighted by Gasteiger charge is 2.10. The maximum Gasteiger partial charge on any atom is 0.335 e. The minimum Gasteiger partial charge on any atom is -0.478 e. The summed E-state index contributed by atoms with van der Waals surface area (Å²) in [4.78, 5) is 26.3. The molecule has 0 fully saturated rings. The molecule has 0 saturated carbocycles. The zero-order valence-corrected chi connectivity index (χ0v) is 28.0. The summed E-state index contributed by atoms with van der Waals surface area (Å²) in [6.45, 7) is 6.24. The molecule has 1 amide bonds. The van der Waals surface area contributed by atoms with E-state index in [0.29, 0.717) is 23.6 Å². The maximum atomic E-state index is 11.8. The van der Waals surface area contributed by atoms with Crippen LogP contribution >= 0.6 is 47.8 Å². The molecule has 0 aliphatic carbocycles. The predicted molar refractivity (Wildman–Crippen MR) is 169 cm³/mol. The summed E-state index contributed by atoms with van der Waals surface area (Å²) in [7, 11) is 3.06. The van der Waals surface area contributed by atoms with Gasteiger partial charge in [0.2, 0.25) is 5.89 Å². The standard InChI is InChI=1S/C12H16BrNO3.C10H8BrNO.C8H7BrO2/c1-8-4-5-9(6-10(8)13)12(15)14-7-11(16-2)17-3;1-7-2-3-8(6-9(7)11)10-12-4-5-13-10;1-5-2-3-6(8(10)11)4-7(5)9/h4-6,11H,7H2,1-3H3,(H,14,15);2-6H,1H3;2-4H,1H3,(H,10,11). The van der Waals surface area contributed by atoms with Crippen molar-refractivity contribution in [2.75, 3.05) is 20.8 Å². The van der Waals surface area contributed by atoms with Crippen molar-refractivity contribution in [3.63, 3.8) is 0 Å². The molecule has 0 spiro atoms. The van der Waals surface area contributed by atoms with Gasteiger partial charge < -0.3 is 24.3 Å². The van der Waals surface area contributed by atoms with E-state index in [-0.39, 0.29) is 5.91 Å². The van der Waals surface area contributed by atoms with E-state index in [4.69, 9.17) is 19.0 Å². The van der Waals surface area contributed by atoms with E-state index >= 15 is 0 Å². The molecule has 218 valence electrons. The Kier molecular flexibility index (Phi) is 14.4. The summed E-state index contributed by atoms with van der Waals surface area (Å²) in [6.07, 6.45) is 2.79. The molecule has 4 rings (SSSR count). The van der Waals surface area contributed by atoms with Crippen molar-refractivity contribution in [2.45, 2.75) is 27.1 Å². The van der Waals surface area contributed by atoms with Crippen LogP contribution in [0.1, 0.15) is 37.4 Å². The van der Waals surface area contributed by atoms with Gasteiger partial charge in [-0.1, -0.05) is 66.0 Å². The quantitative estimate of drug-likeness (QED) is 0.184. The topological polar surface area (TPSA) is 111 Å². The minimum atomic E-state index is -0.897. The minimum absolute atomic E-state index is 0.148. The number of hydrogen-bond acceptors (Lipinski definition) is 6. The highest BCUT2D eigenvalue weighted by Crippen LogP contribution is 2.24. The van der Waals surface area contributed by atoms with E-state index in [1.54, 1.807) is 42.8 Å². The molecule has 2 N–H and O–H groups in total. The first-order valence-electron chi connectivity index (χ1n) is 12.2. The molecule has 0 saturated heterocycles. The lowest BCUT2D eigenvalue weighted by atomic mass is 10.1. The van der Waals surface area contributed by atoms with Crippen LogP contribution in [0, 0.1) is 20.8 Å². The second-order valence-electron chi connectivity index (χ2n) is 8.65. The van der Waals surface area contributed by atoms with Crippen LogP contribution in [-0.2, 0) is 9.47 Å². The third-order valence-corrected chi connectivity index (χ3v) is 8.22. The zero-order valence-electron chi connectivity index (χ0n) is 23.2. The van der Waals surface area contributed by atoms with Crippen LogP contribution in [0.3, 0.4) is 0 Å². The zero-order chi connectivity index (χ0) is 30.5. The average Bonchev–Trinajstić information content (AvgIpc) is 3.49. The molecule has 11 heteroatoms. The fraction of sp³-hybridized carbons (Fsp3) is 0.233. The van der Waals surface area contributed by atoms with Crippen LogP contribution in [0.25, 0.3) is 11.5 Å². The molecule has 0 atom stereocenters. The number of aromatic carboxylic acids is 1. The molecule has 3 aromatic carbocycles. The van der Waals surface area contributed by atoms with E-state index < -0.39 is 12.3 Å². The van der Waals surface area contributed by atoms with Crippen LogP contribution in [0.5, 0.6) is 0 Å². The molecule has 1 aromatic heterocycles. The van der Waals surface area contributed by atoms with Crippen molar-refractivity contribution >= 4 is 59.7 Å². The number of halogens is 3. The first-order chi connectivity index (χ1) is 19.5. The molecule has 1 heterocycles. The molecular weight excluding hydrogens is 724 g/mol. The smallest absolute Gasteiger partial charge is 0.335 e. The number of carboxylic acids is 1. The summed E-state index contributed by atoms with van der Waals surface area (Å²) >= 11 is 10.1. The van der Waals surface area contributed by atoms with Crippen LogP contribution in [0.2, 0.25) is 0 Å². The third kappa shape index (κ3) is 11.2. The number of oxazole rings is 1. The number of carbonyl (C=O) groups is 2. The number of methoxy groups -OCH3 is 2. The van der Waals surface area contributed by atoms with Crippen LogP contribution in [0.4, 0.5) is 0 Å². The average molecular weight is 755 g/mol. The number of nitrogens with one attached hydrogen (secondary N) is 1. The van der Waals surface area contributed by atoms with Crippen molar-refractivity contribution in [2.24, 2.45) is 0 Å². The molecule has 8 nitrogen and oxygen atoms in total. The van der Waals surface area contributed by atoms with Crippen molar-refractivity contribution in [3.8, 4) is 11.5 Å². The third-order valence-electron chi connectivity index (χ3n) is 5.66. The van der Waals surface area contributed by atoms with E-state index in [0.717, 1.165) is 30.1 Å². The Balaban J connectivity index is 0.000000220. The van der Waals surface area contributed by atoms with Crippen LogP contribution in [-0.4, -0.2) is 49.0 Å². The van der Waals surface area contributed by atoms with Crippen molar-refractivity contribution in [3.05, 3.63) is 108 Å². The Morgan fingerprint density at radius 3 is 1.83 bits per heavy atom. The summed E-state index contributed by atoms with van der Waals surface area (Å²) in [5, 5.41) is 11.3. The lowest BCUT2D eigenvalue weighted by molar-refractivity contribution is -0.0974. The molecule has 0 bridgehead atoms. The van der Waals surface area contributed by atoms with E-state index in [2.05, 4.69) is 58.1 Å². The summed E-state index contributed by atoms with van der Waals surface area (Å²) in [6, 6.07) is 16.4. The van der Waals surface area contributed by atoms with Gasteiger partial charge in [-0.15, -0.1) is 0 Å². The molecule has 0 aliphatic rings. The number of carbonyl (C=O) groups excluding carboxylic acids is 1. The van der Waals surface area contributed by atoms with Crippen molar-refractivity contribution in [1.82, 2.24) is 10.3 Å². The second kappa shape index (κ2) is 17.2. The molecule has 0 radical (unpaired) electrons. The SMILES string of the molecule is COC(CNC(=O)c1ccc(C)c(Br)c1)OC.Cc1ccc(-c2ncco2)cc1Br.Cc1ccc(C(=O)O)cc1Br. The molecule has 0 unspecified atom stereocenters. The summed E-state index contributed by atoms with van der Waals surface area (Å²) < 4.78 is 18.0. The Morgan fingerprint density at radius 1 is 0.854 bits per heavy atom.